The van der Waals surface area contributed by atoms with Crippen molar-refractivity contribution in [2.45, 2.75) is 84.5 Å². The number of ketones is 2. The van der Waals surface area contributed by atoms with E-state index in [9.17, 15) is 28.8 Å². The third-order valence-corrected chi connectivity index (χ3v) is 9.13. The van der Waals surface area contributed by atoms with E-state index >= 15 is 0 Å². The van der Waals surface area contributed by atoms with Crippen LogP contribution in [0.3, 0.4) is 0 Å². The maximum atomic E-state index is 13.0. The topological polar surface area (TPSA) is 204 Å². The quantitative estimate of drug-likeness (QED) is 0.0670. The minimum Gasteiger partial charge on any atom is -0.382 e. The van der Waals surface area contributed by atoms with E-state index in [2.05, 4.69) is 10.6 Å². The molecule has 2 N–H and O–H groups in total. The van der Waals surface area contributed by atoms with Gasteiger partial charge in [0.2, 0.25) is 11.8 Å². The summed E-state index contributed by atoms with van der Waals surface area (Å²) in [6.07, 6.45) is 7.95. The van der Waals surface area contributed by atoms with Crippen LogP contribution in [0.2, 0.25) is 0 Å². The SMILES string of the molecule is COCCOCCOCCOCCOCCOCCOCCOCCC(=O)NCCCC[C@H](CCC(=O)CCCCCN1C(=O)C=CC1=O)C(=O)NCCC(=O)C(C)C. The minimum absolute atomic E-state index is 0.0635. The molecule has 17 heteroatoms. The molecule has 340 valence electrons. The van der Waals surface area contributed by atoms with Crippen LogP contribution in [0.4, 0.5) is 0 Å². The van der Waals surface area contributed by atoms with Gasteiger partial charge in [-0.05, 0) is 32.1 Å². The fourth-order valence-electron chi connectivity index (χ4n) is 5.59. The second kappa shape index (κ2) is 37.8. The van der Waals surface area contributed by atoms with Crippen LogP contribution < -0.4 is 10.6 Å². The van der Waals surface area contributed by atoms with Crippen molar-refractivity contribution < 1.29 is 66.7 Å². The lowest BCUT2D eigenvalue weighted by Gasteiger charge is -2.17. The lowest BCUT2D eigenvalue weighted by molar-refractivity contribution is -0.137. The number of hydrogen-bond acceptors (Lipinski definition) is 14. The molecule has 0 bridgehead atoms. The molecule has 1 rings (SSSR count). The van der Waals surface area contributed by atoms with Crippen LogP contribution in [-0.2, 0) is 66.7 Å². The summed E-state index contributed by atoms with van der Waals surface area (Å²) >= 11 is 0. The molecule has 0 aromatic heterocycles. The molecule has 1 aliphatic rings. The van der Waals surface area contributed by atoms with Crippen molar-refractivity contribution in [2.24, 2.45) is 11.8 Å². The van der Waals surface area contributed by atoms with E-state index in [1.165, 1.54) is 17.1 Å². The summed E-state index contributed by atoms with van der Waals surface area (Å²) < 4.78 is 43.0. The molecule has 17 nitrogen and oxygen atoms in total. The average Bonchev–Trinajstić information content (AvgIpc) is 3.54. The van der Waals surface area contributed by atoms with Crippen molar-refractivity contribution in [3.63, 3.8) is 0 Å². The number of carbonyl (C=O) groups excluding carboxylic acids is 6. The smallest absolute Gasteiger partial charge is 0.253 e. The summed E-state index contributed by atoms with van der Waals surface area (Å²) in [5, 5.41) is 5.75. The van der Waals surface area contributed by atoms with Crippen molar-refractivity contribution in [1.82, 2.24) is 15.5 Å². The predicted octanol–water partition coefficient (Wildman–Crippen LogP) is 2.61. The summed E-state index contributed by atoms with van der Waals surface area (Å²) in [5.74, 6) is -1.24. The molecule has 0 fully saturated rings. The Morgan fingerprint density at radius 3 is 1.56 bits per heavy atom. The summed E-state index contributed by atoms with van der Waals surface area (Å²) in [5.41, 5.74) is 0. The summed E-state index contributed by atoms with van der Waals surface area (Å²) in [4.78, 5) is 74.4. The highest BCUT2D eigenvalue weighted by Crippen LogP contribution is 2.17. The van der Waals surface area contributed by atoms with E-state index < -0.39 is 0 Å². The molecule has 1 heterocycles. The van der Waals surface area contributed by atoms with Gasteiger partial charge >= 0.3 is 0 Å². The van der Waals surface area contributed by atoms with E-state index in [4.69, 9.17) is 37.9 Å². The molecule has 0 saturated heterocycles. The van der Waals surface area contributed by atoms with Gasteiger partial charge in [0.1, 0.15) is 11.6 Å². The molecule has 0 radical (unpaired) electrons. The van der Waals surface area contributed by atoms with E-state index in [0.29, 0.717) is 157 Å². The zero-order chi connectivity index (χ0) is 43.2. The summed E-state index contributed by atoms with van der Waals surface area (Å²) in [7, 11) is 1.63. The van der Waals surface area contributed by atoms with Crippen LogP contribution >= 0.6 is 0 Å². The van der Waals surface area contributed by atoms with Crippen molar-refractivity contribution in [3.05, 3.63) is 12.2 Å². The number of carbonyl (C=O) groups is 6. The van der Waals surface area contributed by atoms with Crippen LogP contribution in [0.15, 0.2) is 12.2 Å². The van der Waals surface area contributed by atoms with Crippen molar-refractivity contribution in [2.75, 3.05) is 126 Å². The number of hydrogen-bond donors (Lipinski definition) is 2. The Labute approximate surface area is 351 Å². The van der Waals surface area contributed by atoms with Gasteiger partial charge in [-0.1, -0.05) is 26.7 Å². The van der Waals surface area contributed by atoms with E-state index in [1.807, 2.05) is 13.8 Å². The molecule has 0 saturated carbocycles. The first-order valence-electron chi connectivity index (χ1n) is 21.3. The van der Waals surface area contributed by atoms with Gasteiger partial charge in [0.05, 0.1) is 99.1 Å². The van der Waals surface area contributed by atoms with Crippen LogP contribution in [-0.4, -0.2) is 166 Å². The molecule has 0 spiro atoms. The Morgan fingerprint density at radius 2 is 1.05 bits per heavy atom. The Hall–Kier alpha value is -3.16. The summed E-state index contributed by atoms with van der Waals surface area (Å²) in [6, 6.07) is 0. The Morgan fingerprint density at radius 1 is 0.542 bits per heavy atom. The van der Waals surface area contributed by atoms with Crippen molar-refractivity contribution in [3.8, 4) is 0 Å². The van der Waals surface area contributed by atoms with Gasteiger partial charge in [-0.2, -0.15) is 0 Å². The second-order valence-corrected chi connectivity index (χ2v) is 14.3. The first kappa shape index (κ1) is 53.9. The second-order valence-electron chi connectivity index (χ2n) is 14.3. The maximum Gasteiger partial charge on any atom is 0.253 e. The first-order valence-corrected chi connectivity index (χ1v) is 21.3. The molecule has 0 aliphatic carbocycles. The lowest BCUT2D eigenvalue weighted by Crippen LogP contribution is -2.33. The highest BCUT2D eigenvalue weighted by atomic mass is 16.6. The Kier molecular flexibility index (Phi) is 34.5. The van der Waals surface area contributed by atoms with Crippen molar-refractivity contribution in [1.29, 1.82) is 0 Å². The van der Waals surface area contributed by atoms with Gasteiger partial charge < -0.3 is 48.5 Å². The number of unbranched alkanes of at least 4 members (excludes halogenated alkanes) is 3. The lowest BCUT2D eigenvalue weighted by atomic mass is 9.93. The third kappa shape index (κ3) is 31.4. The highest BCUT2D eigenvalue weighted by Gasteiger charge is 2.23. The molecular formula is C42H73N3O14. The fraction of sp³-hybridized carbons (Fsp3) is 0.810. The average molecular weight is 844 g/mol. The summed E-state index contributed by atoms with van der Waals surface area (Å²) in [6.45, 7) is 11.7. The van der Waals surface area contributed by atoms with Gasteiger partial charge in [0.25, 0.3) is 11.8 Å². The minimum atomic E-state index is -0.379. The number of imide groups is 1. The van der Waals surface area contributed by atoms with Crippen LogP contribution in [0, 0.1) is 11.8 Å². The molecule has 0 aromatic carbocycles. The molecule has 1 aliphatic heterocycles. The van der Waals surface area contributed by atoms with E-state index in [-0.39, 0.29) is 79.4 Å². The highest BCUT2D eigenvalue weighted by molar-refractivity contribution is 6.12. The molecule has 4 amide bonds. The number of amides is 4. The predicted molar refractivity (Wildman–Crippen MR) is 219 cm³/mol. The van der Waals surface area contributed by atoms with Crippen LogP contribution in [0.5, 0.6) is 0 Å². The molecule has 1 atom stereocenters. The van der Waals surface area contributed by atoms with Crippen LogP contribution in [0.1, 0.15) is 84.5 Å². The number of nitrogens with one attached hydrogen (secondary N) is 2. The normalized spacial score (nSPS) is 13.1. The maximum absolute atomic E-state index is 13.0. The zero-order valence-electron chi connectivity index (χ0n) is 36.0. The molecular weight excluding hydrogens is 770 g/mol. The van der Waals surface area contributed by atoms with Gasteiger partial charge in [-0.15, -0.1) is 0 Å². The van der Waals surface area contributed by atoms with E-state index in [1.54, 1.807) is 7.11 Å². The third-order valence-electron chi connectivity index (χ3n) is 9.13. The van der Waals surface area contributed by atoms with Gasteiger partial charge in [-0.3, -0.25) is 33.7 Å². The monoisotopic (exact) mass is 844 g/mol. The number of nitrogens with zero attached hydrogens (tertiary/aromatic N) is 1. The number of rotatable bonds is 43. The van der Waals surface area contributed by atoms with Gasteiger partial charge in [-0.25, -0.2) is 0 Å². The first-order chi connectivity index (χ1) is 28.6. The number of Topliss-reactive ketones (excluding diaryl/α,β-unsaturated/α-hetero) is 2. The van der Waals surface area contributed by atoms with Crippen molar-refractivity contribution >= 4 is 35.2 Å². The largest absolute Gasteiger partial charge is 0.382 e. The van der Waals surface area contributed by atoms with Crippen LogP contribution in [0.25, 0.3) is 0 Å². The Bertz CT molecular complexity index is 1170. The Balaban J connectivity index is 2.06. The van der Waals surface area contributed by atoms with E-state index in [0.717, 1.165) is 0 Å². The van der Waals surface area contributed by atoms with Gasteiger partial charge in [0.15, 0.2) is 0 Å². The fourth-order valence-corrected chi connectivity index (χ4v) is 5.59. The number of methoxy groups -OCH3 is 1. The zero-order valence-corrected chi connectivity index (χ0v) is 36.0. The molecule has 0 unspecified atom stereocenters. The molecule has 59 heavy (non-hydrogen) atoms. The van der Waals surface area contributed by atoms with Gasteiger partial charge in [0, 0.05) is 76.4 Å². The number of ether oxygens (including phenoxy) is 8. The molecule has 0 aromatic rings. The standard InChI is InChI=1S/C42H73N3O14/c1-35(2)38(47)15-18-44-42(51)36(11-12-37(46)10-5-4-8-19-45-40(49)13-14-41(45)50)9-6-7-17-43-39(48)16-20-53-23-24-55-27-28-57-31-32-59-34-33-58-30-29-56-26-25-54-22-21-52-3/h13-14,35-36H,4-12,15-34H2,1-3H3,(H,43,48)(H,44,51)/t36-/m1/s1.